The van der Waals surface area contributed by atoms with Gasteiger partial charge < -0.3 is 19.4 Å². The maximum Gasteiger partial charge on any atom is 0.263 e. The minimum atomic E-state index is -0.685. The van der Waals surface area contributed by atoms with Crippen molar-refractivity contribution in [3.8, 4) is 5.75 Å². The van der Waals surface area contributed by atoms with Gasteiger partial charge in [0.05, 0.1) is 23.6 Å². The zero-order chi connectivity index (χ0) is 21.8. The first-order valence-corrected chi connectivity index (χ1v) is 10.6. The Morgan fingerprint density at radius 2 is 2.13 bits per heavy atom. The molecule has 162 valence electrons. The van der Waals surface area contributed by atoms with Crippen molar-refractivity contribution < 1.29 is 14.3 Å². The number of carbonyl (C=O) groups excluding carboxylic acids is 1. The Balaban J connectivity index is 1.56. The highest BCUT2D eigenvalue weighted by molar-refractivity contribution is 5.81. The van der Waals surface area contributed by atoms with Crippen LogP contribution in [0.15, 0.2) is 53.3 Å². The molecule has 1 saturated heterocycles. The van der Waals surface area contributed by atoms with Gasteiger partial charge in [-0.15, -0.1) is 0 Å². The van der Waals surface area contributed by atoms with E-state index in [-0.39, 0.29) is 24.1 Å². The fourth-order valence-electron chi connectivity index (χ4n) is 3.86. The van der Waals surface area contributed by atoms with Gasteiger partial charge in [-0.2, -0.15) is 0 Å². The number of aromatic amines is 1. The van der Waals surface area contributed by atoms with E-state index in [9.17, 15) is 9.59 Å². The summed E-state index contributed by atoms with van der Waals surface area (Å²) in [6.07, 6.45) is 1.17. The topological polar surface area (TPSA) is 84.5 Å². The van der Waals surface area contributed by atoms with Gasteiger partial charge in [-0.25, -0.2) is 4.98 Å². The van der Waals surface area contributed by atoms with E-state index in [2.05, 4.69) is 9.97 Å². The molecule has 7 heteroatoms. The zero-order valence-electron chi connectivity index (χ0n) is 17.8. The van der Waals surface area contributed by atoms with E-state index < -0.39 is 6.10 Å². The second-order valence-electron chi connectivity index (χ2n) is 7.96. The van der Waals surface area contributed by atoms with Crippen molar-refractivity contribution in [2.45, 2.75) is 45.4 Å². The van der Waals surface area contributed by atoms with Crippen LogP contribution in [0.2, 0.25) is 0 Å². The Bertz CT molecular complexity index is 1120. The summed E-state index contributed by atoms with van der Waals surface area (Å²) in [7, 11) is 0. The molecule has 0 spiro atoms. The smallest absolute Gasteiger partial charge is 0.263 e. The van der Waals surface area contributed by atoms with Crippen LogP contribution in [-0.4, -0.2) is 46.1 Å². The lowest BCUT2D eigenvalue weighted by Gasteiger charge is -2.28. The third kappa shape index (κ3) is 5.11. The molecule has 0 aliphatic carbocycles. The molecular formula is C24H27N3O4. The first-order valence-electron chi connectivity index (χ1n) is 10.6. The number of amides is 1. The monoisotopic (exact) mass is 421 g/mol. The van der Waals surface area contributed by atoms with Crippen LogP contribution in [0.3, 0.4) is 0 Å². The number of H-pyrrole nitrogens is 1. The van der Waals surface area contributed by atoms with E-state index in [1.165, 1.54) is 0 Å². The van der Waals surface area contributed by atoms with Crippen molar-refractivity contribution in [1.29, 1.82) is 0 Å². The molecule has 2 heterocycles. The standard InChI is InChI=1S/C24H27N3O4/c1-16-7-5-8-18(13-16)31-17(2)24(29)27(14-19-9-6-12-30-19)15-22-25-21-11-4-3-10-20(21)23(28)26-22/h3-5,7-8,10-11,13,17,19H,6,9,12,14-15H2,1-2H3,(H,25,26,28)/t17-,19+/m0/s1. The number of fused-ring (bicyclic) bond motifs is 1. The molecule has 1 aliphatic rings. The van der Waals surface area contributed by atoms with E-state index >= 15 is 0 Å². The molecular weight excluding hydrogens is 394 g/mol. The van der Waals surface area contributed by atoms with Gasteiger partial charge >= 0.3 is 0 Å². The number of nitrogens with zero attached hydrogens (tertiary/aromatic N) is 2. The lowest BCUT2D eigenvalue weighted by atomic mass is 10.2. The molecule has 4 rings (SSSR count). The molecule has 0 radical (unpaired) electrons. The quantitative estimate of drug-likeness (QED) is 0.633. The summed E-state index contributed by atoms with van der Waals surface area (Å²) in [4.78, 5) is 34.8. The molecule has 7 nitrogen and oxygen atoms in total. The third-order valence-corrected chi connectivity index (χ3v) is 5.41. The lowest BCUT2D eigenvalue weighted by molar-refractivity contribution is -0.140. The summed E-state index contributed by atoms with van der Waals surface area (Å²) < 4.78 is 11.7. The van der Waals surface area contributed by atoms with Gasteiger partial charge in [0.25, 0.3) is 11.5 Å². The molecule has 2 aromatic carbocycles. The molecule has 1 fully saturated rings. The molecule has 3 aromatic rings. The van der Waals surface area contributed by atoms with Gasteiger partial charge in [-0.05, 0) is 56.5 Å². The number of nitrogens with one attached hydrogen (secondary N) is 1. The van der Waals surface area contributed by atoms with Crippen molar-refractivity contribution >= 4 is 16.8 Å². The normalized spacial score (nSPS) is 16.9. The van der Waals surface area contributed by atoms with Crippen LogP contribution in [0, 0.1) is 6.92 Å². The Labute approximate surface area is 181 Å². The Hall–Kier alpha value is -3.19. The average molecular weight is 421 g/mol. The SMILES string of the molecule is Cc1cccc(O[C@@H](C)C(=O)N(Cc2nc3ccccc3c(=O)[nH]2)C[C@H]2CCCO2)c1. The number of aryl methyl sites for hydroxylation is 1. The minimum absolute atomic E-state index is 0.0256. The van der Waals surface area contributed by atoms with Crippen molar-refractivity contribution in [2.24, 2.45) is 0 Å². The van der Waals surface area contributed by atoms with Gasteiger partial charge in [0.15, 0.2) is 6.10 Å². The summed E-state index contributed by atoms with van der Waals surface area (Å²) in [6, 6.07) is 14.8. The molecule has 31 heavy (non-hydrogen) atoms. The van der Waals surface area contributed by atoms with Crippen LogP contribution >= 0.6 is 0 Å². The minimum Gasteiger partial charge on any atom is -0.481 e. The molecule has 1 N–H and O–H groups in total. The maximum atomic E-state index is 13.3. The van der Waals surface area contributed by atoms with Crippen LogP contribution in [0.5, 0.6) is 5.75 Å². The van der Waals surface area contributed by atoms with E-state index in [0.717, 1.165) is 18.4 Å². The van der Waals surface area contributed by atoms with Gasteiger partial charge in [-0.1, -0.05) is 24.3 Å². The fourth-order valence-corrected chi connectivity index (χ4v) is 3.86. The Kier molecular flexibility index (Phi) is 6.32. The lowest BCUT2D eigenvalue weighted by Crippen LogP contribution is -2.44. The number of rotatable bonds is 7. The number of carbonyl (C=O) groups is 1. The number of hydrogen-bond acceptors (Lipinski definition) is 5. The number of para-hydroxylation sites is 1. The summed E-state index contributed by atoms with van der Waals surface area (Å²) in [5.74, 6) is 0.917. The number of ether oxygens (including phenoxy) is 2. The summed E-state index contributed by atoms with van der Waals surface area (Å²) in [5, 5.41) is 0.527. The predicted octanol–water partition coefficient (Wildman–Crippen LogP) is 3.21. The molecule has 0 bridgehead atoms. The first kappa shape index (κ1) is 21.1. The average Bonchev–Trinajstić information content (AvgIpc) is 3.26. The van der Waals surface area contributed by atoms with Crippen molar-refractivity contribution in [3.63, 3.8) is 0 Å². The van der Waals surface area contributed by atoms with Crippen LogP contribution in [-0.2, 0) is 16.1 Å². The van der Waals surface area contributed by atoms with Gasteiger partial charge in [0.2, 0.25) is 0 Å². The second-order valence-corrected chi connectivity index (χ2v) is 7.96. The van der Waals surface area contributed by atoms with Crippen LogP contribution in [0.25, 0.3) is 10.9 Å². The summed E-state index contributed by atoms with van der Waals surface area (Å²) in [5.41, 5.74) is 1.45. The van der Waals surface area contributed by atoms with E-state index in [4.69, 9.17) is 9.47 Å². The third-order valence-electron chi connectivity index (χ3n) is 5.41. The zero-order valence-corrected chi connectivity index (χ0v) is 17.8. The second kappa shape index (κ2) is 9.31. The Morgan fingerprint density at radius 1 is 1.29 bits per heavy atom. The molecule has 1 aromatic heterocycles. The van der Waals surface area contributed by atoms with Gasteiger partial charge in [0.1, 0.15) is 11.6 Å². The number of aromatic nitrogens is 2. The highest BCUT2D eigenvalue weighted by Gasteiger charge is 2.27. The van der Waals surface area contributed by atoms with Crippen LogP contribution in [0.4, 0.5) is 0 Å². The van der Waals surface area contributed by atoms with Crippen LogP contribution < -0.4 is 10.3 Å². The van der Waals surface area contributed by atoms with Crippen molar-refractivity contribution in [1.82, 2.24) is 14.9 Å². The van der Waals surface area contributed by atoms with Gasteiger partial charge in [-0.3, -0.25) is 9.59 Å². The van der Waals surface area contributed by atoms with Gasteiger partial charge in [0, 0.05) is 13.2 Å². The van der Waals surface area contributed by atoms with Crippen LogP contribution in [0.1, 0.15) is 31.2 Å². The maximum absolute atomic E-state index is 13.3. The highest BCUT2D eigenvalue weighted by Crippen LogP contribution is 2.18. The van der Waals surface area contributed by atoms with E-state index in [0.29, 0.717) is 35.6 Å². The molecule has 0 unspecified atom stereocenters. The highest BCUT2D eigenvalue weighted by atomic mass is 16.5. The Morgan fingerprint density at radius 3 is 2.90 bits per heavy atom. The van der Waals surface area contributed by atoms with Crippen molar-refractivity contribution in [3.05, 3.63) is 70.3 Å². The largest absolute Gasteiger partial charge is 0.481 e. The fraction of sp³-hybridized carbons (Fsp3) is 0.375. The first-order chi connectivity index (χ1) is 15.0. The number of hydrogen-bond donors (Lipinski definition) is 1. The summed E-state index contributed by atoms with van der Waals surface area (Å²) >= 11 is 0. The van der Waals surface area contributed by atoms with E-state index in [1.807, 2.05) is 37.3 Å². The molecule has 1 amide bonds. The molecule has 2 atom stereocenters. The molecule has 1 aliphatic heterocycles. The molecule has 0 saturated carbocycles. The predicted molar refractivity (Wildman–Crippen MR) is 118 cm³/mol. The number of benzene rings is 2. The summed E-state index contributed by atoms with van der Waals surface area (Å²) in [6.45, 7) is 5.03. The van der Waals surface area contributed by atoms with E-state index in [1.54, 1.807) is 30.0 Å². The van der Waals surface area contributed by atoms with Crippen molar-refractivity contribution in [2.75, 3.05) is 13.2 Å².